The molecule has 1 rings (SSSR count). The summed E-state index contributed by atoms with van der Waals surface area (Å²) in [4.78, 5) is 0. The first-order valence-corrected chi connectivity index (χ1v) is 7.08. The Balaban J connectivity index is 1.94. The van der Waals surface area contributed by atoms with Crippen LogP contribution in [-0.2, 0) is 10.8 Å². The van der Waals surface area contributed by atoms with Gasteiger partial charge in [0.1, 0.15) is 0 Å². The number of piperidine rings is 1. The largest absolute Gasteiger partial charge is 0.316 e. The minimum atomic E-state index is -0.612. The third kappa shape index (κ3) is 5.08. The molecule has 0 saturated carbocycles. The molecule has 0 radical (unpaired) electrons. The number of rotatable bonds is 6. The van der Waals surface area contributed by atoms with Crippen LogP contribution in [0.4, 0.5) is 0 Å². The quantitative estimate of drug-likeness (QED) is 0.632. The van der Waals surface area contributed by atoms with E-state index in [4.69, 9.17) is 0 Å². The average Bonchev–Trinajstić information content (AvgIpc) is 2.25. The maximum Gasteiger partial charge on any atom is 0.0359 e. The van der Waals surface area contributed by atoms with E-state index in [0.717, 1.165) is 37.1 Å². The molecular formula is C10H22N2OS. The molecular weight excluding hydrogens is 196 g/mol. The molecule has 4 heteroatoms. The predicted molar refractivity (Wildman–Crippen MR) is 62.0 cm³/mol. The van der Waals surface area contributed by atoms with E-state index >= 15 is 0 Å². The van der Waals surface area contributed by atoms with Gasteiger partial charge in [0, 0.05) is 28.9 Å². The second-order valence-corrected chi connectivity index (χ2v) is 5.71. The SMILES string of the molecule is CCS(=O)CCNCC1CCCNC1. The van der Waals surface area contributed by atoms with E-state index in [-0.39, 0.29) is 0 Å². The molecule has 0 amide bonds. The van der Waals surface area contributed by atoms with E-state index in [2.05, 4.69) is 10.6 Å². The Morgan fingerprint density at radius 2 is 2.43 bits per heavy atom. The van der Waals surface area contributed by atoms with Gasteiger partial charge < -0.3 is 10.6 Å². The van der Waals surface area contributed by atoms with Gasteiger partial charge >= 0.3 is 0 Å². The van der Waals surface area contributed by atoms with Gasteiger partial charge in [0.05, 0.1) is 0 Å². The molecule has 3 nitrogen and oxygen atoms in total. The first-order chi connectivity index (χ1) is 6.83. The molecule has 2 unspecified atom stereocenters. The van der Waals surface area contributed by atoms with Crippen LogP contribution in [-0.4, -0.2) is 41.9 Å². The smallest absolute Gasteiger partial charge is 0.0359 e. The van der Waals surface area contributed by atoms with Crippen LogP contribution in [0.3, 0.4) is 0 Å². The van der Waals surface area contributed by atoms with Crippen LogP contribution in [0.25, 0.3) is 0 Å². The fourth-order valence-corrected chi connectivity index (χ4v) is 2.40. The first-order valence-electron chi connectivity index (χ1n) is 5.59. The minimum absolute atomic E-state index is 0.612. The summed E-state index contributed by atoms with van der Waals surface area (Å²) in [6.07, 6.45) is 2.63. The molecule has 0 aromatic heterocycles. The summed E-state index contributed by atoms with van der Waals surface area (Å²) in [7, 11) is -0.612. The molecule has 2 N–H and O–H groups in total. The molecule has 14 heavy (non-hydrogen) atoms. The predicted octanol–water partition coefficient (Wildman–Crippen LogP) is 0.344. The number of hydrogen-bond acceptors (Lipinski definition) is 3. The fourth-order valence-electron chi connectivity index (χ4n) is 1.73. The van der Waals surface area contributed by atoms with Crippen molar-refractivity contribution in [3.8, 4) is 0 Å². The number of nitrogens with one attached hydrogen (secondary N) is 2. The van der Waals surface area contributed by atoms with E-state index in [1.54, 1.807) is 0 Å². The van der Waals surface area contributed by atoms with Crippen molar-refractivity contribution in [2.45, 2.75) is 19.8 Å². The Morgan fingerprint density at radius 3 is 3.07 bits per heavy atom. The van der Waals surface area contributed by atoms with Gasteiger partial charge in [-0.05, 0) is 38.4 Å². The Hall–Kier alpha value is 0.0700. The molecule has 1 fully saturated rings. The standard InChI is InChI=1S/C10H22N2OS/c1-2-14(13)7-6-12-9-10-4-3-5-11-8-10/h10-12H,2-9H2,1H3. The van der Waals surface area contributed by atoms with Crippen molar-refractivity contribution >= 4 is 10.8 Å². The van der Waals surface area contributed by atoms with Gasteiger partial charge in [0.2, 0.25) is 0 Å². The lowest BCUT2D eigenvalue weighted by Gasteiger charge is -2.22. The van der Waals surface area contributed by atoms with Crippen LogP contribution in [0.1, 0.15) is 19.8 Å². The Labute approximate surface area is 89.5 Å². The zero-order chi connectivity index (χ0) is 10.2. The van der Waals surface area contributed by atoms with Crippen molar-refractivity contribution in [3.05, 3.63) is 0 Å². The second-order valence-electron chi connectivity index (χ2n) is 3.85. The van der Waals surface area contributed by atoms with Gasteiger partial charge in [-0.25, -0.2) is 0 Å². The average molecular weight is 218 g/mol. The molecule has 0 spiro atoms. The molecule has 0 aliphatic carbocycles. The summed E-state index contributed by atoms with van der Waals surface area (Å²) in [5.74, 6) is 2.36. The maximum absolute atomic E-state index is 11.1. The Morgan fingerprint density at radius 1 is 1.57 bits per heavy atom. The van der Waals surface area contributed by atoms with Gasteiger partial charge in [-0.2, -0.15) is 0 Å². The fraction of sp³-hybridized carbons (Fsp3) is 1.00. The topological polar surface area (TPSA) is 41.1 Å². The highest BCUT2D eigenvalue weighted by Gasteiger charge is 2.11. The van der Waals surface area contributed by atoms with Gasteiger partial charge in [-0.1, -0.05) is 6.92 Å². The third-order valence-electron chi connectivity index (χ3n) is 2.66. The molecule has 1 saturated heterocycles. The molecule has 1 aliphatic rings. The van der Waals surface area contributed by atoms with E-state index in [0.29, 0.717) is 0 Å². The highest BCUT2D eigenvalue weighted by atomic mass is 32.2. The van der Waals surface area contributed by atoms with Crippen LogP contribution in [0.5, 0.6) is 0 Å². The van der Waals surface area contributed by atoms with Crippen LogP contribution >= 0.6 is 0 Å². The summed E-state index contributed by atoms with van der Waals surface area (Å²) in [6.45, 7) is 6.27. The van der Waals surface area contributed by atoms with E-state index in [1.165, 1.54) is 19.4 Å². The molecule has 0 aromatic rings. The monoisotopic (exact) mass is 218 g/mol. The van der Waals surface area contributed by atoms with Crippen molar-refractivity contribution in [3.63, 3.8) is 0 Å². The summed E-state index contributed by atoms with van der Waals surface area (Å²) >= 11 is 0. The zero-order valence-corrected chi connectivity index (χ0v) is 9.87. The Kier molecular flexibility index (Phi) is 6.39. The van der Waals surface area contributed by atoms with Crippen molar-refractivity contribution < 1.29 is 4.21 Å². The lowest BCUT2D eigenvalue weighted by atomic mass is 10.00. The normalized spacial score (nSPS) is 24.8. The summed E-state index contributed by atoms with van der Waals surface area (Å²) in [5, 5.41) is 6.78. The zero-order valence-electron chi connectivity index (χ0n) is 9.05. The van der Waals surface area contributed by atoms with Gasteiger partial charge in [0.25, 0.3) is 0 Å². The van der Waals surface area contributed by atoms with Crippen LogP contribution < -0.4 is 10.6 Å². The van der Waals surface area contributed by atoms with Gasteiger partial charge in [-0.15, -0.1) is 0 Å². The first kappa shape index (κ1) is 12.1. The van der Waals surface area contributed by atoms with Crippen LogP contribution in [0.2, 0.25) is 0 Å². The maximum atomic E-state index is 11.1. The van der Waals surface area contributed by atoms with E-state index in [9.17, 15) is 4.21 Å². The van der Waals surface area contributed by atoms with Gasteiger partial charge in [-0.3, -0.25) is 4.21 Å². The molecule has 2 atom stereocenters. The van der Waals surface area contributed by atoms with Crippen molar-refractivity contribution in [1.82, 2.24) is 10.6 Å². The third-order valence-corrected chi connectivity index (χ3v) is 3.96. The van der Waals surface area contributed by atoms with Crippen molar-refractivity contribution in [2.75, 3.05) is 37.7 Å². The van der Waals surface area contributed by atoms with Crippen LogP contribution in [0.15, 0.2) is 0 Å². The van der Waals surface area contributed by atoms with Crippen molar-refractivity contribution in [1.29, 1.82) is 0 Å². The lowest BCUT2D eigenvalue weighted by molar-refractivity contribution is 0.363. The minimum Gasteiger partial charge on any atom is -0.316 e. The summed E-state index contributed by atoms with van der Waals surface area (Å²) < 4.78 is 11.1. The summed E-state index contributed by atoms with van der Waals surface area (Å²) in [6, 6.07) is 0. The van der Waals surface area contributed by atoms with Crippen LogP contribution in [0, 0.1) is 5.92 Å². The highest BCUT2D eigenvalue weighted by molar-refractivity contribution is 7.84. The molecule has 0 aromatic carbocycles. The molecule has 1 heterocycles. The molecule has 1 aliphatic heterocycles. The molecule has 0 bridgehead atoms. The summed E-state index contributed by atoms with van der Waals surface area (Å²) in [5.41, 5.74) is 0. The van der Waals surface area contributed by atoms with Gasteiger partial charge in [0.15, 0.2) is 0 Å². The Bertz CT molecular complexity index is 170. The molecule has 84 valence electrons. The number of hydrogen-bond donors (Lipinski definition) is 2. The van der Waals surface area contributed by atoms with E-state index < -0.39 is 10.8 Å². The highest BCUT2D eigenvalue weighted by Crippen LogP contribution is 2.07. The lowest BCUT2D eigenvalue weighted by Crippen LogP contribution is -2.37. The second kappa shape index (κ2) is 7.37. The van der Waals surface area contributed by atoms with Crippen molar-refractivity contribution in [2.24, 2.45) is 5.92 Å². The van der Waals surface area contributed by atoms with E-state index in [1.807, 2.05) is 6.92 Å².